The van der Waals surface area contributed by atoms with E-state index in [1.54, 1.807) is 31.2 Å². The molecule has 0 bridgehead atoms. The van der Waals surface area contributed by atoms with Crippen molar-refractivity contribution in [2.75, 3.05) is 20.2 Å². The molecule has 2 unspecified atom stereocenters. The maximum Gasteiger partial charge on any atom is 0.326 e. The standard InChI is InChI=1S/C17H24N2O5/c1-11(14-6-5-7-15(10-14)24-4)16(21)19(12(2)17(22)23)9-8-18-13(3)20/h5-7,10-12H,8-9H2,1-4H3,(H,18,20)(H,22,23). The van der Waals surface area contributed by atoms with Gasteiger partial charge in [0.05, 0.1) is 13.0 Å². The summed E-state index contributed by atoms with van der Waals surface area (Å²) >= 11 is 0. The first-order valence-electron chi connectivity index (χ1n) is 7.69. The Bertz CT molecular complexity index is 602. The van der Waals surface area contributed by atoms with E-state index in [0.29, 0.717) is 5.75 Å². The van der Waals surface area contributed by atoms with Gasteiger partial charge < -0.3 is 20.1 Å². The maximum absolute atomic E-state index is 12.8. The molecule has 2 atom stereocenters. The zero-order valence-corrected chi connectivity index (χ0v) is 14.4. The van der Waals surface area contributed by atoms with E-state index in [0.717, 1.165) is 5.56 Å². The minimum atomic E-state index is -1.09. The van der Waals surface area contributed by atoms with Crippen LogP contribution < -0.4 is 10.1 Å². The van der Waals surface area contributed by atoms with Gasteiger partial charge in [-0.05, 0) is 31.5 Å². The van der Waals surface area contributed by atoms with E-state index in [1.807, 2.05) is 0 Å². The summed E-state index contributed by atoms with van der Waals surface area (Å²) in [5.74, 6) is -1.54. The molecule has 0 aliphatic rings. The number of benzene rings is 1. The van der Waals surface area contributed by atoms with Gasteiger partial charge in [-0.2, -0.15) is 0 Å². The van der Waals surface area contributed by atoms with Crippen LogP contribution in [0.3, 0.4) is 0 Å². The monoisotopic (exact) mass is 336 g/mol. The Labute approximate surface area is 141 Å². The van der Waals surface area contributed by atoms with E-state index < -0.39 is 17.9 Å². The van der Waals surface area contributed by atoms with Gasteiger partial charge in [-0.25, -0.2) is 4.79 Å². The number of nitrogens with one attached hydrogen (secondary N) is 1. The second-order valence-electron chi connectivity index (χ2n) is 5.53. The van der Waals surface area contributed by atoms with Crippen LogP contribution in [-0.2, 0) is 14.4 Å². The second-order valence-corrected chi connectivity index (χ2v) is 5.53. The van der Waals surface area contributed by atoms with Crippen molar-refractivity contribution in [3.63, 3.8) is 0 Å². The first-order chi connectivity index (χ1) is 11.3. The number of methoxy groups -OCH3 is 1. The Morgan fingerprint density at radius 2 is 1.96 bits per heavy atom. The predicted octanol–water partition coefficient (Wildman–Crippen LogP) is 1.24. The number of nitrogens with zero attached hydrogens (tertiary/aromatic N) is 1. The SMILES string of the molecule is COc1cccc(C(C)C(=O)N(CCNC(C)=O)C(C)C(=O)O)c1. The lowest BCUT2D eigenvalue weighted by Gasteiger charge is -2.29. The van der Waals surface area contributed by atoms with Crippen LogP contribution in [0.4, 0.5) is 0 Å². The topological polar surface area (TPSA) is 95.9 Å². The average molecular weight is 336 g/mol. The quantitative estimate of drug-likeness (QED) is 0.744. The third kappa shape index (κ3) is 5.26. The van der Waals surface area contributed by atoms with E-state index in [4.69, 9.17) is 4.74 Å². The number of hydrogen-bond donors (Lipinski definition) is 2. The molecule has 0 spiro atoms. The highest BCUT2D eigenvalue weighted by atomic mass is 16.5. The van der Waals surface area contributed by atoms with Crippen LogP contribution in [0.15, 0.2) is 24.3 Å². The van der Waals surface area contributed by atoms with Crippen molar-refractivity contribution >= 4 is 17.8 Å². The summed E-state index contributed by atoms with van der Waals surface area (Å²) in [6, 6.07) is 6.11. The highest BCUT2D eigenvalue weighted by molar-refractivity contribution is 5.88. The van der Waals surface area contributed by atoms with Crippen molar-refractivity contribution in [2.45, 2.75) is 32.7 Å². The molecule has 1 aromatic rings. The molecule has 0 saturated carbocycles. The molecule has 0 fully saturated rings. The fourth-order valence-electron chi connectivity index (χ4n) is 2.28. The van der Waals surface area contributed by atoms with Crippen LogP contribution in [0.1, 0.15) is 32.3 Å². The summed E-state index contributed by atoms with van der Waals surface area (Å²) in [4.78, 5) is 36.3. The zero-order chi connectivity index (χ0) is 18.3. The molecular weight excluding hydrogens is 312 g/mol. The minimum absolute atomic E-state index is 0.125. The summed E-state index contributed by atoms with van der Waals surface area (Å²) in [6.07, 6.45) is 0. The van der Waals surface area contributed by atoms with Gasteiger partial charge in [-0.1, -0.05) is 12.1 Å². The molecule has 132 valence electrons. The van der Waals surface area contributed by atoms with Crippen LogP contribution in [0.2, 0.25) is 0 Å². The molecule has 0 radical (unpaired) electrons. The molecular formula is C17H24N2O5. The van der Waals surface area contributed by atoms with Gasteiger partial charge in [0.25, 0.3) is 0 Å². The van der Waals surface area contributed by atoms with Crippen molar-refractivity contribution in [1.82, 2.24) is 10.2 Å². The predicted molar refractivity (Wildman–Crippen MR) is 88.9 cm³/mol. The van der Waals surface area contributed by atoms with Gasteiger partial charge in [-0.3, -0.25) is 9.59 Å². The van der Waals surface area contributed by atoms with Gasteiger partial charge in [0.15, 0.2) is 0 Å². The molecule has 1 aromatic carbocycles. The number of hydrogen-bond acceptors (Lipinski definition) is 4. The Balaban J connectivity index is 2.95. The van der Waals surface area contributed by atoms with E-state index in [1.165, 1.54) is 25.9 Å². The Morgan fingerprint density at radius 1 is 1.29 bits per heavy atom. The zero-order valence-electron chi connectivity index (χ0n) is 14.4. The van der Waals surface area contributed by atoms with Gasteiger partial charge in [-0.15, -0.1) is 0 Å². The number of carbonyl (C=O) groups is 3. The molecule has 7 heteroatoms. The molecule has 2 amide bonds. The van der Waals surface area contributed by atoms with Crippen LogP contribution in [-0.4, -0.2) is 54.0 Å². The van der Waals surface area contributed by atoms with Gasteiger partial charge in [0, 0.05) is 20.0 Å². The number of amides is 2. The lowest BCUT2D eigenvalue weighted by Crippen LogP contribution is -2.48. The molecule has 1 rings (SSSR count). The van der Waals surface area contributed by atoms with Crippen molar-refractivity contribution in [3.05, 3.63) is 29.8 Å². The van der Waals surface area contributed by atoms with Crippen LogP contribution in [0, 0.1) is 0 Å². The van der Waals surface area contributed by atoms with Crippen LogP contribution >= 0.6 is 0 Å². The second kappa shape index (κ2) is 8.90. The molecule has 2 N–H and O–H groups in total. The van der Waals surface area contributed by atoms with Gasteiger partial charge >= 0.3 is 5.97 Å². The smallest absolute Gasteiger partial charge is 0.326 e. The van der Waals surface area contributed by atoms with E-state index in [9.17, 15) is 19.5 Å². The van der Waals surface area contributed by atoms with Crippen molar-refractivity contribution < 1.29 is 24.2 Å². The summed E-state index contributed by atoms with van der Waals surface area (Å²) < 4.78 is 5.16. The molecule has 0 aromatic heterocycles. The number of carboxylic acid groups (broad SMARTS) is 1. The van der Waals surface area contributed by atoms with Crippen molar-refractivity contribution in [1.29, 1.82) is 0 Å². The number of carbonyl (C=O) groups excluding carboxylic acids is 2. The molecule has 7 nitrogen and oxygen atoms in total. The number of carboxylic acids is 1. The normalized spacial score (nSPS) is 12.8. The molecule has 0 aliphatic heterocycles. The molecule has 0 saturated heterocycles. The van der Waals surface area contributed by atoms with E-state index >= 15 is 0 Å². The van der Waals surface area contributed by atoms with Crippen molar-refractivity contribution in [2.24, 2.45) is 0 Å². The number of aliphatic carboxylic acids is 1. The summed E-state index contributed by atoms with van der Waals surface area (Å²) in [5, 5.41) is 11.8. The van der Waals surface area contributed by atoms with Gasteiger partial charge in [0.2, 0.25) is 11.8 Å². The summed E-state index contributed by atoms with van der Waals surface area (Å²) in [7, 11) is 1.54. The highest BCUT2D eigenvalue weighted by Gasteiger charge is 2.29. The molecule has 0 aliphatic carbocycles. The Morgan fingerprint density at radius 3 is 2.50 bits per heavy atom. The van der Waals surface area contributed by atoms with Crippen LogP contribution in [0.5, 0.6) is 5.75 Å². The summed E-state index contributed by atoms with van der Waals surface area (Å²) in [5.41, 5.74) is 0.737. The average Bonchev–Trinajstić information content (AvgIpc) is 2.56. The first kappa shape index (κ1) is 19.5. The first-order valence-corrected chi connectivity index (χ1v) is 7.69. The largest absolute Gasteiger partial charge is 0.497 e. The van der Waals surface area contributed by atoms with E-state index in [-0.39, 0.29) is 24.9 Å². The lowest BCUT2D eigenvalue weighted by molar-refractivity contribution is -0.149. The third-order valence-electron chi connectivity index (χ3n) is 3.80. The minimum Gasteiger partial charge on any atom is -0.497 e. The van der Waals surface area contributed by atoms with E-state index in [2.05, 4.69) is 5.32 Å². The lowest BCUT2D eigenvalue weighted by atomic mass is 9.98. The molecule has 24 heavy (non-hydrogen) atoms. The summed E-state index contributed by atoms with van der Waals surface area (Å²) in [6.45, 7) is 4.86. The third-order valence-corrected chi connectivity index (χ3v) is 3.80. The van der Waals surface area contributed by atoms with Crippen molar-refractivity contribution in [3.8, 4) is 5.75 Å². The van der Waals surface area contributed by atoms with Crippen LogP contribution in [0.25, 0.3) is 0 Å². The fourth-order valence-corrected chi connectivity index (χ4v) is 2.28. The number of ether oxygens (including phenoxy) is 1. The molecule has 0 heterocycles. The fraction of sp³-hybridized carbons (Fsp3) is 0.471. The Hall–Kier alpha value is -2.57. The highest BCUT2D eigenvalue weighted by Crippen LogP contribution is 2.23. The number of rotatable bonds is 8. The Kier molecular flexibility index (Phi) is 7.23. The maximum atomic E-state index is 12.8. The van der Waals surface area contributed by atoms with Gasteiger partial charge in [0.1, 0.15) is 11.8 Å².